The largest absolute Gasteiger partial charge is 0.490 e. The molecule has 1 atom stereocenters. The van der Waals surface area contributed by atoms with E-state index in [1.165, 1.54) is 20.0 Å². The van der Waals surface area contributed by atoms with E-state index in [-0.39, 0.29) is 16.0 Å². The lowest BCUT2D eigenvalue weighted by Gasteiger charge is -2.23. The van der Waals surface area contributed by atoms with Gasteiger partial charge in [-0.1, -0.05) is 6.07 Å². The Morgan fingerprint density at radius 3 is 2.68 bits per heavy atom. The zero-order valence-electron chi connectivity index (χ0n) is 11.6. The van der Waals surface area contributed by atoms with Crippen LogP contribution in [0.1, 0.15) is 25.3 Å². The summed E-state index contributed by atoms with van der Waals surface area (Å²) in [5.74, 6) is 0.320. The average molecular weight is 264 g/mol. The van der Waals surface area contributed by atoms with Crippen LogP contribution in [0, 0.1) is 15.5 Å². The minimum atomic E-state index is -0.386. The monoisotopic (exact) mass is 264 g/mol. The molecule has 1 aliphatic rings. The van der Waals surface area contributed by atoms with E-state index in [1.54, 1.807) is 12.1 Å². The van der Waals surface area contributed by atoms with Crippen LogP contribution in [0.2, 0.25) is 0 Å². The third-order valence-corrected chi connectivity index (χ3v) is 4.24. The normalized spacial score (nSPS) is 17.8. The fourth-order valence-electron chi connectivity index (χ4n) is 2.62. The Morgan fingerprint density at radius 2 is 2.21 bits per heavy atom. The van der Waals surface area contributed by atoms with Crippen molar-refractivity contribution in [2.24, 2.45) is 5.41 Å². The molecular weight excluding hydrogens is 244 g/mol. The summed E-state index contributed by atoms with van der Waals surface area (Å²) in [7, 11) is 3.41. The summed E-state index contributed by atoms with van der Waals surface area (Å²) < 4.78 is 5.02. The summed E-state index contributed by atoms with van der Waals surface area (Å²) in [6.07, 6.45) is 3.23. The Hall–Kier alpha value is -1.62. The van der Waals surface area contributed by atoms with Gasteiger partial charge in [0.15, 0.2) is 5.75 Å². The molecule has 1 saturated carbocycles. The average Bonchev–Trinajstić information content (AvgIpc) is 3.18. The SMILES string of the molecule is CNC(C)C1(Cc2ccc(OC)c([N+](=O)[O-])c2)CC1. The zero-order chi connectivity index (χ0) is 14.0. The first-order valence-electron chi connectivity index (χ1n) is 6.51. The highest BCUT2D eigenvalue weighted by Gasteiger charge is 2.46. The molecule has 0 radical (unpaired) electrons. The van der Waals surface area contributed by atoms with Crippen LogP contribution in [0.25, 0.3) is 0 Å². The molecule has 104 valence electrons. The minimum Gasteiger partial charge on any atom is -0.490 e. The molecule has 0 aromatic heterocycles. The highest BCUT2D eigenvalue weighted by atomic mass is 16.6. The molecular formula is C14H20N2O3. The fourth-order valence-corrected chi connectivity index (χ4v) is 2.62. The molecule has 1 aliphatic carbocycles. The molecule has 1 fully saturated rings. The summed E-state index contributed by atoms with van der Waals surface area (Å²) in [5, 5.41) is 14.3. The number of hydrogen-bond donors (Lipinski definition) is 1. The molecule has 1 N–H and O–H groups in total. The van der Waals surface area contributed by atoms with Crippen LogP contribution in [-0.4, -0.2) is 25.1 Å². The van der Waals surface area contributed by atoms with Crippen LogP contribution in [0.15, 0.2) is 18.2 Å². The van der Waals surface area contributed by atoms with Gasteiger partial charge in [-0.15, -0.1) is 0 Å². The van der Waals surface area contributed by atoms with Crippen LogP contribution in [0.3, 0.4) is 0 Å². The first-order valence-corrected chi connectivity index (χ1v) is 6.51. The van der Waals surface area contributed by atoms with Crippen molar-refractivity contribution < 1.29 is 9.66 Å². The van der Waals surface area contributed by atoms with Gasteiger partial charge in [0.1, 0.15) is 0 Å². The number of benzene rings is 1. The maximum absolute atomic E-state index is 11.0. The maximum Gasteiger partial charge on any atom is 0.311 e. The summed E-state index contributed by atoms with van der Waals surface area (Å²) in [4.78, 5) is 10.6. The van der Waals surface area contributed by atoms with Gasteiger partial charge in [0, 0.05) is 12.1 Å². The molecule has 0 spiro atoms. The Labute approximate surface area is 113 Å². The number of methoxy groups -OCH3 is 1. The van der Waals surface area contributed by atoms with Gasteiger partial charge in [-0.3, -0.25) is 10.1 Å². The molecule has 0 saturated heterocycles. The van der Waals surface area contributed by atoms with Gasteiger partial charge in [0.2, 0.25) is 0 Å². The van der Waals surface area contributed by atoms with Gasteiger partial charge in [-0.05, 0) is 50.3 Å². The molecule has 1 unspecified atom stereocenters. The van der Waals surface area contributed by atoms with Gasteiger partial charge in [0.05, 0.1) is 12.0 Å². The molecule has 2 rings (SSSR count). The molecule has 0 aliphatic heterocycles. The van der Waals surface area contributed by atoms with Crippen molar-refractivity contribution in [2.45, 2.75) is 32.2 Å². The van der Waals surface area contributed by atoms with Crippen LogP contribution < -0.4 is 10.1 Å². The number of nitrogens with one attached hydrogen (secondary N) is 1. The second-order valence-corrected chi connectivity index (χ2v) is 5.31. The Bertz CT molecular complexity index is 484. The van der Waals surface area contributed by atoms with Crippen molar-refractivity contribution in [1.82, 2.24) is 5.32 Å². The predicted octanol–water partition coefficient (Wildman–Crippen LogP) is 2.53. The van der Waals surface area contributed by atoms with Crippen LogP contribution in [-0.2, 0) is 6.42 Å². The van der Waals surface area contributed by atoms with E-state index in [1.807, 2.05) is 13.1 Å². The van der Waals surface area contributed by atoms with E-state index in [9.17, 15) is 10.1 Å². The summed E-state index contributed by atoms with van der Waals surface area (Å²) in [5.41, 5.74) is 1.32. The Morgan fingerprint density at radius 1 is 1.53 bits per heavy atom. The van der Waals surface area contributed by atoms with E-state index in [0.717, 1.165) is 12.0 Å². The molecule has 5 heteroatoms. The minimum absolute atomic E-state index is 0.0490. The topological polar surface area (TPSA) is 64.4 Å². The summed E-state index contributed by atoms with van der Waals surface area (Å²) in [6.45, 7) is 2.17. The lowest BCUT2D eigenvalue weighted by Crippen LogP contribution is -2.33. The van der Waals surface area contributed by atoms with Crippen molar-refractivity contribution in [1.29, 1.82) is 0 Å². The number of hydrogen-bond acceptors (Lipinski definition) is 4. The van der Waals surface area contributed by atoms with Crippen LogP contribution in [0.4, 0.5) is 5.69 Å². The number of ether oxygens (including phenoxy) is 1. The molecule has 0 bridgehead atoms. The number of nitro groups is 1. The van der Waals surface area contributed by atoms with Gasteiger partial charge in [0.25, 0.3) is 0 Å². The second-order valence-electron chi connectivity index (χ2n) is 5.31. The zero-order valence-corrected chi connectivity index (χ0v) is 11.6. The van der Waals surface area contributed by atoms with Gasteiger partial charge < -0.3 is 10.1 Å². The quantitative estimate of drug-likeness (QED) is 0.633. The third-order valence-electron chi connectivity index (χ3n) is 4.24. The Balaban J connectivity index is 2.22. The van der Waals surface area contributed by atoms with Crippen molar-refractivity contribution in [3.05, 3.63) is 33.9 Å². The highest BCUT2D eigenvalue weighted by molar-refractivity contribution is 5.49. The van der Waals surface area contributed by atoms with Crippen molar-refractivity contribution in [2.75, 3.05) is 14.2 Å². The van der Waals surface area contributed by atoms with Gasteiger partial charge in [-0.25, -0.2) is 0 Å². The third kappa shape index (κ3) is 2.71. The maximum atomic E-state index is 11.0. The van der Waals surface area contributed by atoms with Crippen molar-refractivity contribution >= 4 is 5.69 Å². The van der Waals surface area contributed by atoms with E-state index in [0.29, 0.717) is 11.8 Å². The first kappa shape index (κ1) is 13.8. The van der Waals surface area contributed by atoms with Crippen LogP contribution in [0.5, 0.6) is 5.75 Å². The number of rotatable bonds is 6. The smallest absolute Gasteiger partial charge is 0.311 e. The lowest BCUT2D eigenvalue weighted by molar-refractivity contribution is -0.385. The van der Waals surface area contributed by atoms with Crippen molar-refractivity contribution in [3.8, 4) is 5.75 Å². The van der Waals surface area contributed by atoms with Gasteiger partial charge in [-0.2, -0.15) is 0 Å². The summed E-state index contributed by atoms with van der Waals surface area (Å²) >= 11 is 0. The predicted molar refractivity (Wildman–Crippen MR) is 73.5 cm³/mol. The lowest BCUT2D eigenvalue weighted by atomic mass is 9.89. The molecule has 19 heavy (non-hydrogen) atoms. The molecule has 5 nitrogen and oxygen atoms in total. The Kier molecular flexibility index (Phi) is 3.75. The van der Waals surface area contributed by atoms with Crippen LogP contribution >= 0.6 is 0 Å². The second kappa shape index (κ2) is 5.17. The van der Waals surface area contributed by atoms with E-state index in [2.05, 4.69) is 12.2 Å². The van der Waals surface area contributed by atoms with Crippen molar-refractivity contribution in [3.63, 3.8) is 0 Å². The van der Waals surface area contributed by atoms with Gasteiger partial charge >= 0.3 is 5.69 Å². The number of nitro benzene ring substituents is 1. The first-order chi connectivity index (χ1) is 9.02. The van der Waals surface area contributed by atoms with E-state index in [4.69, 9.17) is 4.74 Å². The van der Waals surface area contributed by atoms with E-state index < -0.39 is 0 Å². The van der Waals surface area contributed by atoms with E-state index >= 15 is 0 Å². The summed E-state index contributed by atoms with van der Waals surface area (Å²) in [6, 6.07) is 5.68. The molecule has 1 aromatic carbocycles. The molecule has 0 amide bonds. The highest BCUT2D eigenvalue weighted by Crippen LogP contribution is 2.51. The molecule has 1 aromatic rings. The fraction of sp³-hybridized carbons (Fsp3) is 0.571. The molecule has 0 heterocycles. The standard InChI is InChI=1S/C14H20N2O3/c1-10(15-2)14(6-7-14)9-11-4-5-13(19-3)12(8-11)16(17)18/h4-5,8,10,15H,6-7,9H2,1-3H3. The number of nitrogens with zero attached hydrogens (tertiary/aromatic N) is 1.